The minimum Gasteiger partial charge on any atom is -0.378 e. The lowest BCUT2D eigenvalue weighted by Crippen LogP contribution is -2.18. The first-order valence-electron chi connectivity index (χ1n) is 6.80. The number of H-pyrrole nitrogens is 2. The van der Waals surface area contributed by atoms with E-state index in [2.05, 4.69) is 30.8 Å². The van der Waals surface area contributed by atoms with Crippen molar-refractivity contribution in [1.29, 1.82) is 0 Å². The number of fused-ring (bicyclic) bond motifs is 1. The van der Waals surface area contributed by atoms with Gasteiger partial charge in [0.15, 0.2) is 5.65 Å². The van der Waals surface area contributed by atoms with Gasteiger partial charge in [-0.15, -0.1) is 0 Å². The summed E-state index contributed by atoms with van der Waals surface area (Å²) < 4.78 is 0. The van der Waals surface area contributed by atoms with Gasteiger partial charge in [-0.3, -0.25) is 25.0 Å². The lowest BCUT2D eigenvalue weighted by atomic mass is 10.2. The molecule has 23 heavy (non-hydrogen) atoms. The Morgan fingerprint density at radius 3 is 2.83 bits per heavy atom. The Morgan fingerprint density at radius 1 is 1.22 bits per heavy atom. The van der Waals surface area contributed by atoms with E-state index < -0.39 is 4.92 Å². The van der Waals surface area contributed by atoms with E-state index >= 15 is 0 Å². The normalized spacial score (nSPS) is 10.6. The Labute approximate surface area is 129 Å². The summed E-state index contributed by atoms with van der Waals surface area (Å²) in [6, 6.07) is 6.39. The molecule has 0 spiro atoms. The Hall–Kier alpha value is -3.43. The molecule has 2 heterocycles. The monoisotopic (exact) mass is 315 g/mol. The zero-order valence-electron chi connectivity index (χ0n) is 11.9. The number of hydrogen-bond acceptors (Lipinski definition) is 7. The van der Waals surface area contributed by atoms with Gasteiger partial charge in [-0.1, -0.05) is 12.1 Å². The van der Waals surface area contributed by atoms with Crippen LogP contribution in [0.15, 0.2) is 35.3 Å². The molecule has 0 aliphatic rings. The number of anilines is 2. The average molecular weight is 315 g/mol. The lowest BCUT2D eigenvalue weighted by molar-refractivity contribution is -0.384. The van der Waals surface area contributed by atoms with Crippen molar-refractivity contribution in [2.75, 3.05) is 23.7 Å². The van der Waals surface area contributed by atoms with E-state index in [9.17, 15) is 14.9 Å². The molecule has 0 fully saturated rings. The van der Waals surface area contributed by atoms with Crippen molar-refractivity contribution in [2.24, 2.45) is 0 Å². The van der Waals surface area contributed by atoms with Gasteiger partial charge in [-0.25, -0.2) is 0 Å². The van der Waals surface area contributed by atoms with Gasteiger partial charge in [0.1, 0.15) is 11.1 Å². The lowest BCUT2D eigenvalue weighted by Gasteiger charge is -2.08. The maximum atomic E-state index is 11.7. The third kappa shape index (κ3) is 3.10. The topological polar surface area (TPSA) is 142 Å². The second-order valence-corrected chi connectivity index (χ2v) is 4.67. The Morgan fingerprint density at radius 2 is 2.00 bits per heavy atom. The van der Waals surface area contributed by atoms with E-state index in [1.807, 2.05) is 0 Å². The molecule has 0 radical (unpaired) electrons. The molecule has 118 valence electrons. The third-order valence-electron chi connectivity index (χ3n) is 3.15. The SMILES string of the molecule is O=c1[nH]c(NCCNc2ccccc2[N+](=O)[O-])nc2[nH]ncc12. The van der Waals surface area contributed by atoms with E-state index in [1.165, 1.54) is 12.3 Å². The van der Waals surface area contributed by atoms with Gasteiger partial charge in [0.2, 0.25) is 5.95 Å². The molecule has 10 nitrogen and oxygen atoms in total. The summed E-state index contributed by atoms with van der Waals surface area (Å²) in [6.45, 7) is 0.824. The Kier molecular flexibility index (Phi) is 3.87. The number of aromatic amines is 2. The second kappa shape index (κ2) is 6.13. The molecular weight excluding hydrogens is 302 g/mol. The van der Waals surface area contributed by atoms with Crippen LogP contribution >= 0.6 is 0 Å². The molecule has 0 aliphatic carbocycles. The predicted octanol–water partition coefficient (Wildman–Crippen LogP) is 1.08. The van der Waals surface area contributed by atoms with Crippen LogP contribution in [0.25, 0.3) is 11.0 Å². The summed E-state index contributed by atoms with van der Waals surface area (Å²) in [5, 5.41) is 23.6. The fraction of sp³-hybridized carbons (Fsp3) is 0.154. The Bertz CT molecular complexity index is 902. The zero-order chi connectivity index (χ0) is 16.2. The van der Waals surface area contributed by atoms with Crippen LogP contribution < -0.4 is 16.2 Å². The molecule has 0 unspecified atom stereocenters. The van der Waals surface area contributed by atoms with Crippen LogP contribution in [0.5, 0.6) is 0 Å². The molecular formula is C13H13N7O3. The maximum Gasteiger partial charge on any atom is 0.292 e. The molecule has 2 aromatic heterocycles. The minimum absolute atomic E-state index is 0.0120. The van der Waals surface area contributed by atoms with Crippen molar-refractivity contribution in [1.82, 2.24) is 20.2 Å². The van der Waals surface area contributed by atoms with E-state index in [1.54, 1.807) is 18.2 Å². The van der Waals surface area contributed by atoms with Gasteiger partial charge in [-0.2, -0.15) is 10.1 Å². The van der Waals surface area contributed by atoms with Crippen LogP contribution in [-0.2, 0) is 0 Å². The second-order valence-electron chi connectivity index (χ2n) is 4.67. The number of nitro groups is 1. The average Bonchev–Trinajstić information content (AvgIpc) is 3.01. The van der Waals surface area contributed by atoms with Gasteiger partial charge in [0.25, 0.3) is 11.2 Å². The summed E-state index contributed by atoms with van der Waals surface area (Å²) in [4.78, 5) is 29.0. The van der Waals surface area contributed by atoms with Crippen molar-refractivity contribution >= 4 is 28.4 Å². The van der Waals surface area contributed by atoms with E-state index in [4.69, 9.17) is 0 Å². The summed E-state index contributed by atoms with van der Waals surface area (Å²) >= 11 is 0. The number of nitro benzene ring substituents is 1. The first-order valence-corrected chi connectivity index (χ1v) is 6.80. The quantitative estimate of drug-likeness (QED) is 0.303. The summed E-state index contributed by atoms with van der Waals surface area (Å²) in [5.74, 6) is 0.302. The molecule has 0 saturated carbocycles. The number of benzene rings is 1. The van der Waals surface area contributed by atoms with Crippen LogP contribution in [0.2, 0.25) is 0 Å². The molecule has 0 aliphatic heterocycles. The molecule has 0 saturated heterocycles. The van der Waals surface area contributed by atoms with Crippen LogP contribution in [-0.4, -0.2) is 38.2 Å². The summed E-state index contributed by atoms with van der Waals surface area (Å²) in [6.07, 6.45) is 1.40. The first kappa shape index (κ1) is 14.5. The number of nitrogens with one attached hydrogen (secondary N) is 4. The van der Waals surface area contributed by atoms with Gasteiger partial charge in [0.05, 0.1) is 11.1 Å². The molecule has 0 amide bonds. The number of para-hydroxylation sites is 2. The van der Waals surface area contributed by atoms with Crippen LogP contribution in [0, 0.1) is 10.1 Å². The molecule has 4 N–H and O–H groups in total. The molecule has 0 atom stereocenters. The Balaban J connectivity index is 1.61. The van der Waals surface area contributed by atoms with Gasteiger partial charge >= 0.3 is 0 Å². The van der Waals surface area contributed by atoms with Crippen LogP contribution in [0.3, 0.4) is 0 Å². The van der Waals surface area contributed by atoms with E-state index in [0.29, 0.717) is 35.8 Å². The highest BCUT2D eigenvalue weighted by Crippen LogP contribution is 2.22. The fourth-order valence-electron chi connectivity index (χ4n) is 2.09. The van der Waals surface area contributed by atoms with Crippen molar-refractivity contribution in [2.45, 2.75) is 0 Å². The van der Waals surface area contributed by atoms with Crippen molar-refractivity contribution in [3.05, 3.63) is 50.9 Å². The third-order valence-corrected chi connectivity index (χ3v) is 3.15. The van der Waals surface area contributed by atoms with Gasteiger partial charge in [0, 0.05) is 19.2 Å². The molecule has 3 rings (SSSR count). The molecule has 10 heteroatoms. The summed E-state index contributed by atoms with van der Waals surface area (Å²) in [5.41, 5.74) is 0.545. The smallest absolute Gasteiger partial charge is 0.292 e. The number of nitrogens with zero attached hydrogens (tertiary/aromatic N) is 3. The van der Waals surface area contributed by atoms with Gasteiger partial charge < -0.3 is 10.6 Å². The van der Waals surface area contributed by atoms with Gasteiger partial charge in [-0.05, 0) is 6.07 Å². The summed E-state index contributed by atoms with van der Waals surface area (Å²) in [7, 11) is 0. The highest BCUT2D eigenvalue weighted by Gasteiger charge is 2.11. The van der Waals surface area contributed by atoms with Crippen molar-refractivity contribution < 1.29 is 4.92 Å². The zero-order valence-corrected chi connectivity index (χ0v) is 11.9. The number of rotatable bonds is 6. The molecule has 1 aromatic carbocycles. The highest BCUT2D eigenvalue weighted by atomic mass is 16.6. The van der Waals surface area contributed by atoms with Crippen molar-refractivity contribution in [3.8, 4) is 0 Å². The van der Waals surface area contributed by atoms with Crippen LogP contribution in [0.1, 0.15) is 0 Å². The fourth-order valence-corrected chi connectivity index (χ4v) is 2.09. The van der Waals surface area contributed by atoms with Crippen molar-refractivity contribution in [3.63, 3.8) is 0 Å². The molecule has 0 bridgehead atoms. The largest absolute Gasteiger partial charge is 0.378 e. The standard InChI is InChI=1S/C13H13N7O3/c21-12-8-7-16-19-11(8)17-13(18-12)15-6-5-14-9-3-1-2-4-10(9)20(22)23/h1-4,7,14H,5-6H2,(H3,15,16,17,18,19,21). The molecule has 3 aromatic rings. The first-order chi connectivity index (χ1) is 11.1. The van der Waals surface area contributed by atoms with E-state index in [0.717, 1.165) is 0 Å². The van der Waals surface area contributed by atoms with Crippen LogP contribution in [0.4, 0.5) is 17.3 Å². The minimum atomic E-state index is -0.443. The van der Waals surface area contributed by atoms with E-state index in [-0.39, 0.29) is 11.2 Å². The maximum absolute atomic E-state index is 11.7. The number of aromatic nitrogens is 4. The number of hydrogen-bond donors (Lipinski definition) is 4. The highest BCUT2D eigenvalue weighted by molar-refractivity contribution is 5.73. The predicted molar refractivity (Wildman–Crippen MR) is 84.6 cm³/mol.